The van der Waals surface area contributed by atoms with Gasteiger partial charge in [0.2, 0.25) is 0 Å². The summed E-state index contributed by atoms with van der Waals surface area (Å²) < 4.78 is 0. The van der Waals surface area contributed by atoms with Crippen molar-refractivity contribution in [2.75, 3.05) is 27.2 Å². The Balaban J connectivity index is 2.83. The van der Waals surface area contributed by atoms with E-state index in [1.807, 2.05) is 12.1 Å². The molecular weight excluding hydrogens is 267 g/mol. The summed E-state index contributed by atoms with van der Waals surface area (Å²) in [6.07, 6.45) is 2.13. The maximum Gasteiger partial charge on any atom is 0.0640 e. The van der Waals surface area contributed by atoms with E-state index in [4.69, 9.17) is 23.2 Å². The number of hydrogen-bond acceptors (Lipinski definition) is 2. The lowest BCUT2D eigenvalue weighted by Gasteiger charge is -2.22. The maximum absolute atomic E-state index is 6.30. The van der Waals surface area contributed by atoms with Crippen molar-refractivity contribution in [3.8, 4) is 0 Å². The van der Waals surface area contributed by atoms with Crippen molar-refractivity contribution in [2.45, 2.75) is 25.8 Å². The van der Waals surface area contributed by atoms with Gasteiger partial charge in [-0.15, -0.1) is 0 Å². The predicted octanol–water partition coefficient (Wildman–Crippen LogP) is 3.99. The van der Waals surface area contributed by atoms with E-state index in [-0.39, 0.29) is 6.04 Å². The summed E-state index contributed by atoms with van der Waals surface area (Å²) in [5.41, 5.74) is 1.10. The minimum absolute atomic E-state index is 0.263. The normalized spacial score (nSPS) is 13.0. The van der Waals surface area contributed by atoms with Crippen molar-refractivity contribution < 1.29 is 0 Å². The van der Waals surface area contributed by atoms with E-state index in [0.29, 0.717) is 10.0 Å². The van der Waals surface area contributed by atoms with Gasteiger partial charge in [-0.1, -0.05) is 42.3 Å². The van der Waals surface area contributed by atoms with Crippen molar-refractivity contribution in [3.63, 3.8) is 0 Å². The molecule has 0 aliphatic heterocycles. The van der Waals surface area contributed by atoms with Gasteiger partial charge in [-0.05, 0) is 51.7 Å². The Kier molecular flexibility index (Phi) is 7.02. The number of halogens is 2. The van der Waals surface area contributed by atoms with E-state index >= 15 is 0 Å². The molecule has 2 nitrogen and oxygen atoms in total. The largest absolute Gasteiger partial charge is 0.310 e. The third-order valence-corrected chi connectivity index (χ3v) is 3.70. The zero-order valence-electron chi connectivity index (χ0n) is 11.3. The highest BCUT2D eigenvalue weighted by molar-refractivity contribution is 6.42. The molecule has 1 N–H and O–H groups in total. The molecule has 102 valence electrons. The number of hydrogen-bond donors (Lipinski definition) is 1. The van der Waals surface area contributed by atoms with Gasteiger partial charge in [0.15, 0.2) is 0 Å². The Morgan fingerprint density at radius 3 is 2.61 bits per heavy atom. The first-order valence-electron chi connectivity index (χ1n) is 6.38. The molecule has 1 unspecified atom stereocenters. The van der Waals surface area contributed by atoms with Gasteiger partial charge in [0, 0.05) is 6.04 Å². The molecule has 1 aromatic carbocycles. The fourth-order valence-corrected chi connectivity index (χ4v) is 2.30. The average Bonchev–Trinajstić information content (AvgIpc) is 2.33. The summed E-state index contributed by atoms with van der Waals surface area (Å²) in [5, 5.41) is 4.84. The first kappa shape index (κ1) is 15.8. The van der Waals surface area contributed by atoms with E-state index in [1.165, 1.54) is 0 Å². The molecule has 0 fully saturated rings. The Morgan fingerprint density at radius 2 is 2.00 bits per heavy atom. The number of benzene rings is 1. The molecule has 0 heterocycles. The van der Waals surface area contributed by atoms with Crippen LogP contribution in [0.2, 0.25) is 10.0 Å². The summed E-state index contributed by atoms with van der Waals surface area (Å²) in [6.45, 7) is 4.17. The van der Waals surface area contributed by atoms with Gasteiger partial charge < -0.3 is 10.2 Å². The van der Waals surface area contributed by atoms with E-state index in [9.17, 15) is 0 Å². The molecule has 4 heteroatoms. The van der Waals surface area contributed by atoms with Crippen LogP contribution in [0.5, 0.6) is 0 Å². The van der Waals surface area contributed by atoms with Crippen LogP contribution in [-0.4, -0.2) is 32.1 Å². The molecule has 0 radical (unpaired) electrons. The van der Waals surface area contributed by atoms with Gasteiger partial charge in [-0.2, -0.15) is 0 Å². The third-order valence-electron chi connectivity index (χ3n) is 2.86. The first-order chi connectivity index (χ1) is 8.56. The summed E-state index contributed by atoms with van der Waals surface area (Å²) in [7, 11) is 4.16. The zero-order valence-corrected chi connectivity index (χ0v) is 12.9. The molecular formula is C14H22Cl2N2. The highest BCUT2D eigenvalue weighted by Gasteiger charge is 2.15. The summed E-state index contributed by atoms with van der Waals surface area (Å²) in [4.78, 5) is 2.18. The minimum atomic E-state index is 0.263. The quantitative estimate of drug-likeness (QED) is 0.816. The molecule has 0 aromatic heterocycles. The summed E-state index contributed by atoms with van der Waals surface area (Å²) >= 11 is 12.4. The van der Waals surface area contributed by atoms with E-state index < -0.39 is 0 Å². The van der Waals surface area contributed by atoms with Gasteiger partial charge in [0.25, 0.3) is 0 Å². The molecule has 0 aliphatic rings. The molecule has 1 aromatic rings. The number of nitrogens with zero attached hydrogens (tertiary/aromatic N) is 1. The van der Waals surface area contributed by atoms with Crippen LogP contribution in [0.3, 0.4) is 0 Å². The van der Waals surface area contributed by atoms with Crippen LogP contribution in [0, 0.1) is 0 Å². The molecule has 0 bridgehead atoms. The smallest absolute Gasteiger partial charge is 0.0640 e. The SMILES string of the molecule is CCCNC(CCN(C)C)c1cccc(Cl)c1Cl. The molecule has 0 spiro atoms. The molecule has 0 amide bonds. The molecule has 1 rings (SSSR count). The van der Waals surface area contributed by atoms with Gasteiger partial charge >= 0.3 is 0 Å². The lowest BCUT2D eigenvalue weighted by molar-refractivity contribution is 0.361. The van der Waals surface area contributed by atoms with Crippen LogP contribution in [0.25, 0.3) is 0 Å². The average molecular weight is 289 g/mol. The van der Waals surface area contributed by atoms with Gasteiger partial charge in [-0.3, -0.25) is 0 Å². The lowest BCUT2D eigenvalue weighted by Crippen LogP contribution is -2.26. The molecule has 0 saturated heterocycles. The highest BCUT2D eigenvalue weighted by Crippen LogP contribution is 2.31. The Hall–Kier alpha value is -0.280. The molecule has 18 heavy (non-hydrogen) atoms. The number of nitrogens with one attached hydrogen (secondary N) is 1. The fraction of sp³-hybridized carbons (Fsp3) is 0.571. The van der Waals surface area contributed by atoms with E-state index in [1.54, 1.807) is 0 Å². The van der Waals surface area contributed by atoms with Crippen molar-refractivity contribution in [1.29, 1.82) is 0 Å². The van der Waals surface area contributed by atoms with E-state index in [0.717, 1.165) is 31.5 Å². The van der Waals surface area contributed by atoms with Crippen molar-refractivity contribution >= 4 is 23.2 Å². The topological polar surface area (TPSA) is 15.3 Å². The fourth-order valence-electron chi connectivity index (χ4n) is 1.86. The standard InChI is InChI=1S/C14H22Cl2N2/c1-4-9-17-13(8-10-18(2)3)11-6-5-7-12(15)14(11)16/h5-7,13,17H,4,8-10H2,1-3H3. The lowest BCUT2D eigenvalue weighted by atomic mass is 10.0. The molecule has 0 aliphatic carbocycles. The second kappa shape index (κ2) is 8.00. The third kappa shape index (κ3) is 4.77. The monoisotopic (exact) mass is 288 g/mol. The van der Waals surface area contributed by atoms with Gasteiger partial charge in [-0.25, -0.2) is 0 Å². The maximum atomic E-state index is 6.30. The van der Waals surface area contributed by atoms with Crippen LogP contribution in [0.15, 0.2) is 18.2 Å². The number of rotatable bonds is 7. The summed E-state index contributed by atoms with van der Waals surface area (Å²) in [5.74, 6) is 0. The summed E-state index contributed by atoms with van der Waals surface area (Å²) in [6, 6.07) is 6.10. The molecule has 1 atom stereocenters. The van der Waals surface area contributed by atoms with Crippen LogP contribution in [0.4, 0.5) is 0 Å². The Bertz CT molecular complexity index is 367. The Morgan fingerprint density at radius 1 is 1.28 bits per heavy atom. The zero-order chi connectivity index (χ0) is 13.5. The second-order valence-corrected chi connectivity index (χ2v) is 5.53. The van der Waals surface area contributed by atoms with E-state index in [2.05, 4.69) is 37.3 Å². The minimum Gasteiger partial charge on any atom is -0.310 e. The van der Waals surface area contributed by atoms with Crippen molar-refractivity contribution in [1.82, 2.24) is 10.2 Å². The highest BCUT2D eigenvalue weighted by atomic mass is 35.5. The Labute approximate surface area is 120 Å². The van der Waals surface area contributed by atoms with Crippen LogP contribution in [-0.2, 0) is 0 Å². The van der Waals surface area contributed by atoms with Crippen molar-refractivity contribution in [2.24, 2.45) is 0 Å². The van der Waals surface area contributed by atoms with Crippen LogP contribution >= 0.6 is 23.2 Å². The van der Waals surface area contributed by atoms with Gasteiger partial charge in [0.05, 0.1) is 10.0 Å². The first-order valence-corrected chi connectivity index (χ1v) is 7.13. The second-order valence-electron chi connectivity index (χ2n) is 4.74. The van der Waals surface area contributed by atoms with Crippen molar-refractivity contribution in [3.05, 3.63) is 33.8 Å². The predicted molar refractivity (Wildman–Crippen MR) is 80.7 cm³/mol. The van der Waals surface area contributed by atoms with Crippen LogP contribution < -0.4 is 5.32 Å². The van der Waals surface area contributed by atoms with Crippen LogP contribution in [0.1, 0.15) is 31.4 Å². The van der Waals surface area contributed by atoms with Gasteiger partial charge in [0.1, 0.15) is 0 Å². The molecule has 0 saturated carbocycles.